The summed E-state index contributed by atoms with van der Waals surface area (Å²) < 4.78 is 32.5. The molecule has 0 bridgehead atoms. The van der Waals surface area contributed by atoms with Gasteiger partial charge >= 0.3 is 6.09 Å². The van der Waals surface area contributed by atoms with Crippen LogP contribution in [-0.2, 0) is 14.8 Å². The first-order chi connectivity index (χ1) is 11.5. The van der Waals surface area contributed by atoms with Crippen LogP contribution in [0.2, 0.25) is 0 Å². The maximum Gasteiger partial charge on any atom is 0.410 e. The topological polar surface area (TPSA) is 119 Å². The van der Waals surface area contributed by atoms with Crippen molar-refractivity contribution in [3.05, 3.63) is 34.4 Å². The van der Waals surface area contributed by atoms with Gasteiger partial charge in [-0.1, -0.05) is 0 Å². The molecule has 0 unspecified atom stereocenters. The van der Waals surface area contributed by atoms with E-state index in [2.05, 4.69) is 4.72 Å². The number of nitro benzene ring substituents is 1. The van der Waals surface area contributed by atoms with Gasteiger partial charge in [0.1, 0.15) is 5.60 Å². The molecule has 1 atom stereocenters. The van der Waals surface area contributed by atoms with Gasteiger partial charge in [0, 0.05) is 31.3 Å². The second-order valence-corrected chi connectivity index (χ2v) is 8.50. The van der Waals surface area contributed by atoms with Crippen molar-refractivity contribution in [3.8, 4) is 0 Å². The van der Waals surface area contributed by atoms with Gasteiger partial charge < -0.3 is 9.64 Å². The molecule has 0 spiro atoms. The smallest absolute Gasteiger partial charge is 0.410 e. The lowest BCUT2D eigenvalue weighted by atomic mass is 10.2. The quantitative estimate of drug-likeness (QED) is 0.637. The van der Waals surface area contributed by atoms with Crippen LogP contribution in [0.4, 0.5) is 10.5 Å². The fourth-order valence-electron chi connectivity index (χ4n) is 2.38. The summed E-state index contributed by atoms with van der Waals surface area (Å²) in [5.74, 6) is 0. The molecule has 1 amide bonds. The third-order valence-corrected chi connectivity index (χ3v) is 5.06. The Morgan fingerprint density at radius 3 is 2.44 bits per heavy atom. The fourth-order valence-corrected chi connectivity index (χ4v) is 3.64. The van der Waals surface area contributed by atoms with Gasteiger partial charge in [-0.25, -0.2) is 17.9 Å². The zero-order chi connectivity index (χ0) is 18.8. The molecule has 0 saturated carbocycles. The number of carbonyl (C=O) groups is 1. The molecule has 1 aromatic rings. The van der Waals surface area contributed by atoms with Crippen molar-refractivity contribution in [3.63, 3.8) is 0 Å². The molecule has 1 fully saturated rings. The molecular formula is C15H21N3O6S. The Morgan fingerprint density at radius 2 is 1.92 bits per heavy atom. The molecule has 1 heterocycles. The van der Waals surface area contributed by atoms with Crippen LogP contribution in [0, 0.1) is 10.1 Å². The number of hydrogen-bond acceptors (Lipinski definition) is 6. The van der Waals surface area contributed by atoms with Gasteiger partial charge in [0.05, 0.1) is 9.82 Å². The number of nitrogens with zero attached hydrogens (tertiary/aromatic N) is 2. The summed E-state index contributed by atoms with van der Waals surface area (Å²) in [4.78, 5) is 23.4. The van der Waals surface area contributed by atoms with Crippen molar-refractivity contribution in [2.45, 2.75) is 43.7 Å². The van der Waals surface area contributed by atoms with E-state index in [1.165, 1.54) is 17.0 Å². The summed E-state index contributed by atoms with van der Waals surface area (Å²) in [6.07, 6.45) is -0.0182. The van der Waals surface area contributed by atoms with Gasteiger partial charge in [0.25, 0.3) is 5.69 Å². The van der Waals surface area contributed by atoms with Gasteiger partial charge in [0.2, 0.25) is 10.0 Å². The number of benzene rings is 1. The van der Waals surface area contributed by atoms with E-state index >= 15 is 0 Å². The van der Waals surface area contributed by atoms with Crippen LogP contribution in [0.25, 0.3) is 0 Å². The average molecular weight is 371 g/mol. The van der Waals surface area contributed by atoms with Crippen molar-refractivity contribution in [2.24, 2.45) is 0 Å². The Hall–Kier alpha value is -2.20. The highest BCUT2D eigenvalue weighted by Crippen LogP contribution is 2.19. The number of sulfonamides is 1. The molecule has 25 heavy (non-hydrogen) atoms. The number of amides is 1. The van der Waals surface area contributed by atoms with E-state index in [1.54, 1.807) is 20.8 Å². The van der Waals surface area contributed by atoms with Crippen LogP contribution in [0.15, 0.2) is 29.2 Å². The number of likely N-dealkylation sites (tertiary alicyclic amines) is 1. The normalized spacial score (nSPS) is 18.2. The van der Waals surface area contributed by atoms with E-state index in [0.717, 1.165) is 12.1 Å². The third kappa shape index (κ3) is 5.13. The summed E-state index contributed by atoms with van der Waals surface area (Å²) in [5, 5.41) is 10.6. The minimum atomic E-state index is -3.82. The van der Waals surface area contributed by atoms with Crippen molar-refractivity contribution in [1.29, 1.82) is 0 Å². The van der Waals surface area contributed by atoms with Crippen molar-refractivity contribution in [2.75, 3.05) is 13.1 Å². The van der Waals surface area contributed by atoms with Crippen molar-refractivity contribution in [1.82, 2.24) is 9.62 Å². The lowest BCUT2D eigenvalue weighted by Gasteiger charge is -2.24. The highest BCUT2D eigenvalue weighted by molar-refractivity contribution is 7.89. The van der Waals surface area contributed by atoms with Crippen LogP contribution in [-0.4, -0.2) is 49.1 Å². The summed E-state index contributed by atoms with van der Waals surface area (Å²) in [6.45, 7) is 5.88. The number of carbonyl (C=O) groups excluding carboxylic acids is 1. The average Bonchev–Trinajstić information content (AvgIpc) is 2.93. The van der Waals surface area contributed by atoms with E-state index in [1.807, 2.05) is 0 Å². The number of non-ortho nitro benzene ring substituents is 1. The van der Waals surface area contributed by atoms with E-state index < -0.39 is 32.7 Å². The van der Waals surface area contributed by atoms with E-state index in [9.17, 15) is 23.3 Å². The number of nitrogens with one attached hydrogen (secondary N) is 1. The molecule has 2 rings (SSSR count). The van der Waals surface area contributed by atoms with Crippen LogP contribution in [0.5, 0.6) is 0 Å². The van der Waals surface area contributed by atoms with Crippen molar-refractivity contribution >= 4 is 21.8 Å². The number of nitro groups is 1. The van der Waals surface area contributed by atoms with Crippen LogP contribution in [0.1, 0.15) is 27.2 Å². The highest BCUT2D eigenvalue weighted by atomic mass is 32.2. The predicted molar refractivity (Wildman–Crippen MR) is 89.6 cm³/mol. The molecule has 0 aliphatic carbocycles. The Kier molecular flexibility index (Phi) is 5.33. The SMILES string of the molecule is CC(C)(C)OC(=O)N1CC[C@@H](NS(=O)(=O)c2ccc([N+](=O)[O-])cc2)C1. The number of hydrogen-bond donors (Lipinski definition) is 1. The first-order valence-electron chi connectivity index (χ1n) is 7.73. The van der Waals surface area contributed by atoms with Crippen molar-refractivity contribution < 1.29 is 22.9 Å². The second-order valence-electron chi connectivity index (χ2n) is 6.78. The Morgan fingerprint density at radius 1 is 1.32 bits per heavy atom. The number of ether oxygens (including phenoxy) is 1. The molecule has 1 aromatic carbocycles. The Labute approximate surface area is 146 Å². The van der Waals surface area contributed by atoms with E-state index in [0.29, 0.717) is 13.0 Å². The molecule has 1 aliphatic heterocycles. The summed E-state index contributed by atoms with van der Waals surface area (Å²) in [5.41, 5.74) is -0.802. The largest absolute Gasteiger partial charge is 0.444 e. The molecule has 138 valence electrons. The van der Waals surface area contributed by atoms with Gasteiger partial charge in [-0.2, -0.15) is 0 Å². The summed E-state index contributed by atoms with van der Waals surface area (Å²) >= 11 is 0. The number of rotatable bonds is 4. The lowest BCUT2D eigenvalue weighted by Crippen LogP contribution is -2.40. The zero-order valence-corrected chi connectivity index (χ0v) is 15.1. The Bertz CT molecular complexity index is 754. The first kappa shape index (κ1) is 19.1. The van der Waals surface area contributed by atoms with Gasteiger partial charge in [0.15, 0.2) is 0 Å². The summed E-state index contributed by atoms with van der Waals surface area (Å²) in [6, 6.07) is 4.20. The summed E-state index contributed by atoms with van der Waals surface area (Å²) in [7, 11) is -3.82. The molecule has 0 radical (unpaired) electrons. The maximum absolute atomic E-state index is 12.4. The molecule has 10 heteroatoms. The van der Waals surface area contributed by atoms with Crippen LogP contribution in [0.3, 0.4) is 0 Å². The molecular weight excluding hydrogens is 350 g/mol. The molecule has 1 N–H and O–H groups in total. The van der Waals surface area contributed by atoms with E-state index in [-0.39, 0.29) is 17.1 Å². The van der Waals surface area contributed by atoms with Gasteiger partial charge in [-0.05, 0) is 39.3 Å². The van der Waals surface area contributed by atoms with Crippen LogP contribution >= 0.6 is 0 Å². The maximum atomic E-state index is 12.4. The minimum Gasteiger partial charge on any atom is -0.444 e. The highest BCUT2D eigenvalue weighted by Gasteiger charge is 2.32. The molecule has 1 saturated heterocycles. The van der Waals surface area contributed by atoms with Gasteiger partial charge in [-0.15, -0.1) is 0 Å². The van der Waals surface area contributed by atoms with Crippen LogP contribution < -0.4 is 4.72 Å². The monoisotopic (exact) mass is 371 g/mol. The Balaban J connectivity index is 2.00. The molecule has 0 aromatic heterocycles. The molecule has 9 nitrogen and oxygen atoms in total. The lowest BCUT2D eigenvalue weighted by molar-refractivity contribution is -0.384. The van der Waals surface area contributed by atoms with Gasteiger partial charge in [-0.3, -0.25) is 10.1 Å². The molecule has 1 aliphatic rings. The van der Waals surface area contributed by atoms with E-state index in [4.69, 9.17) is 4.74 Å². The first-order valence-corrected chi connectivity index (χ1v) is 9.21. The fraction of sp³-hybridized carbons (Fsp3) is 0.533. The predicted octanol–water partition coefficient (Wildman–Crippen LogP) is 1.88. The second kappa shape index (κ2) is 6.96. The zero-order valence-electron chi connectivity index (χ0n) is 14.3. The third-order valence-electron chi connectivity index (χ3n) is 3.52. The minimum absolute atomic E-state index is 0.0613. The standard InChI is InChI=1S/C15H21N3O6S/c1-15(2,3)24-14(19)17-9-8-11(10-17)16-25(22,23)13-6-4-12(5-7-13)18(20)21/h4-7,11,16H,8-10H2,1-3H3/t11-/m1/s1.